The molecule has 7 fully saturated rings. The van der Waals surface area contributed by atoms with Gasteiger partial charge in [0.2, 0.25) is 0 Å². The number of alkyl halides is 9. The molecule has 0 aromatic carbocycles. The van der Waals surface area contributed by atoms with Gasteiger partial charge < -0.3 is 99.5 Å². The minimum atomic E-state index is -0.771. The number of hydrogen-bond donors (Lipinski definition) is 0. The van der Waals surface area contributed by atoms with E-state index in [1.165, 1.54) is 7.11 Å². The second-order valence-electron chi connectivity index (χ2n) is 19.1. The molecule has 0 amide bonds. The first-order chi connectivity index (χ1) is 44.0. The zero-order valence-corrected chi connectivity index (χ0v) is 58.3. The van der Waals surface area contributed by atoms with E-state index >= 15 is 0 Å². The van der Waals surface area contributed by atoms with Crippen LogP contribution in [0.3, 0.4) is 0 Å². The van der Waals surface area contributed by atoms with Gasteiger partial charge in [0.05, 0.1) is 39.6 Å². The summed E-state index contributed by atoms with van der Waals surface area (Å²) in [5.41, 5.74) is 0.103. The molecule has 0 spiro atoms. The fraction of sp³-hybridized carbons (Fsp3) is 0.830. The molecule has 92 heavy (non-hydrogen) atoms. The number of carbonyl (C=O) groups is 9. The van der Waals surface area contributed by atoms with Gasteiger partial charge in [-0.25, -0.2) is 43.2 Å². The zero-order valence-electron chi connectivity index (χ0n) is 51.5. The van der Waals surface area contributed by atoms with Crippen molar-refractivity contribution in [2.24, 2.45) is 11.3 Å². The normalized spacial score (nSPS) is 18.8. The van der Waals surface area contributed by atoms with Gasteiger partial charge in [-0.3, -0.25) is 0 Å². The Labute approximate surface area is 578 Å². The molecule has 2 aliphatic heterocycles. The van der Waals surface area contributed by atoms with Crippen molar-refractivity contribution in [2.75, 3.05) is 108 Å². The van der Waals surface area contributed by atoms with Gasteiger partial charge in [0.25, 0.3) is 0 Å². The topological polar surface area (TPSA) is 347 Å². The van der Waals surface area contributed by atoms with E-state index in [-0.39, 0.29) is 109 Å². The number of ether oxygens (including phenoxy) is 21. The van der Waals surface area contributed by atoms with Gasteiger partial charge in [0, 0.05) is 18.9 Å². The van der Waals surface area contributed by atoms with E-state index in [0.29, 0.717) is 45.6 Å². The van der Waals surface area contributed by atoms with Gasteiger partial charge in [-0.15, -0.1) is 0 Å². The lowest BCUT2D eigenvalue weighted by Gasteiger charge is -2.42. The monoisotopic (exact) mass is 1510 g/mol. The van der Waals surface area contributed by atoms with Crippen molar-refractivity contribution in [1.82, 2.24) is 0 Å². The maximum absolute atomic E-state index is 10.8. The van der Waals surface area contributed by atoms with Crippen LogP contribution in [0.25, 0.3) is 0 Å². The standard InChI is InChI=1S/C8H13ClO3.C7H11ClO3.C6H9ClO4.2C6H9ClO3.C5H7ClO4.C5H9ClO4.C5H7ClO3.C5H9ClO3/c1-8(2)4-3-6(8)12-7(10)11-5-9;8-5-10-7(9)11-6-3-1-2-4-6;7-4-10-6(8)11-5-1-2-9-3-5;1-4-2-5(4)10-6(8)9-3-7;7-4-9-6(8)10-5-2-1-3-5;6-3-9-5(7)10-4-1-8-2-4;1-8-2-3-9-5(7)10-4-6;6-3-8-5(7)9-4-1-2-4;1-2-3-8-5(7)9-4-6/h6H,3-5H2,1-2H3;6H,1-5H2;5H,1-4H2;4-5H,2-3H2,1H3;5H,1-4H2;4H,1-3H2;2-4H2,1H3;4H,1-3H2;2-4H2,1H3/t;;5-;;;;;;/m..0....../s1. The lowest BCUT2D eigenvalue weighted by molar-refractivity contribution is -0.112. The van der Waals surface area contributed by atoms with Crippen molar-refractivity contribution in [1.29, 1.82) is 0 Å². The molecular weight excluding hydrogens is 1440 g/mol. The molecule has 2 heterocycles. The molecule has 7 aliphatic rings. The molecule has 5 aliphatic carbocycles. The average Bonchev–Trinajstić information content (AvgIpc) is 1.09. The van der Waals surface area contributed by atoms with Crippen molar-refractivity contribution >= 4 is 160 Å². The highest BCUT2D eigenvalue weighted by Gasteiger charge is 2.42. The molecule has 0 N–H and O–H groups in total. The third-order valence-electron chi connectivity index (χ3n) is 11.6. The highest BCUT2D eigenvalue weighted by molar-refractivity contribution is 6.19. The third-order valence-corrected chi connectivity index (χ3v) is 12.6. The minimum absolute atomic E-state index is 0.00628. The van der Waals surface area contributed by atoms with E-state index in [2.05, 4.69) is 80.2 Å². The van der Waals surface area contributed by atoms with Crippen LogP contribution in [0.4, 0.5) is 43.2 Å². The molecule has 2 saturated heterocycles. The van der Waals surface area contributed by atoms with Crippen LogP contribution in [0.5, 0.6) is 0 Å². The predicted molar refractivity (Wildman–Crippen MR) is 328 cm³/mol. The molecule has 538 valence electrons. The Bertz CT molecular complexity index is 1880. The maximum Gasteiger partial charge on any atom is 0.509 e. The van der Waals surface area contributed by atoms with Crippen LogP contribution in [0.15, 0.2) is 0 Å². The quantitative estimate of drug-likeness (QED) is 0.0446. The Morgan fingerprint density at radius 1 is 0.380 bits per heavy atom. The van der Waals surface area contributed by atoms with Crippen molar-refractivity contribution in [3.05, 3.63) is 0 Å². The Hall–Kier alpha value is -4.08. The lowest BCUT2D eigenvalue weighted by Crippen LogP contribution is -2.43. The van der Waals surface area contributed by atoms with Gasteiger partial charge in [-0.1, -0.05) is 132 Å². The lowest BCUT2D eigenvalue weighted by atomic mass is 9.69. The van der Waals surface area contributed by atoms with E-state index in [9.17, 15) is 43.2 Å². The van der Waals surface area contributed by atoms with Crippen molar-refractivity contribution in [2.45, 2.75) is 160 Å². The molecule has 0 aromatic heterocycles. The van der Waals surface area contributed by atoms with Crippen molar-refractivity contribution in [3.63, 3.8) is 0 Å². The number of halogens is 9. The predicted octanol–water partition coefficient (Wildman–Crippen LogP) is 14.5. The van der Waals surface area contributed by atoms with Crippen molar-refractivity contribution in [3.8, 4) is 0 Å². The van der Waals surface area contributed by atoms with Crippen LogP contribution in [0, 0.1) is 11.3 Å². The molecule has 3 unspecified atom stereocenters. The third kappa shape index (κ3) is 54.2. The Morgan fingerprint density at radius 3 is 1.00 bits per heavy atom. The second-order valence-corrected chi connectivity index (χ2v) is 21.1. The van der Waals surface area contributed by atoms with Gasteiger partial charge in [0.1, 0.15) is 43.2 Å². The number of rotatable bonds is 21. The first kappa shape index (κ1) is 90.0. The maximum atomic E-state index is 10.8. The molecule has 4 atom stereocenters. The van der Waals surface area contributed by atoms with Crippen LogP contribution >= 0.6 is 104 Å². The van der Waals surface area contributed by atoms with Gasteiger partial charge in [0.15, 0.2) is 60.7 Å². The van der Waals surface area contributed by atoms with E-state index in [4.69, 9.17) is 138 Å². The van der Waals surface area contributed by atoms with Crippen LogP contribution in [0.2, 0.25) is 0 Å². The first-order valence-corrected chi connectivity index (χ1v) is 33.0. The Morgan fingerprint density at radius 2 is 0.717 bits per heavy atom. The van der Waals surface area contributed by atoms with Crippen LogP contribution in [-0.4, -0.2) is 206 Å². The van der Waals surface area contributed by atoms with Crippen LogP contribution in [-0.2, 0) is 99.5 Å². The molecule has 7 rings (SSSR count). The van der Waals surface area contributed by atoms with E-state index < -0.39 is 55.4 Å². The summed E-state index contributed by atoms with van der Waals surface area (Å²) in [7, 11) is 1.51. The molecule has 30 nitrogen and oxygen atoms in total. The molecule has 0 radical (unpaired) electrons. The molecular formula is C53H83Cl9O30. The molecule has 39 heteroatoms. The fourth-order valence-corrected chi connectivity index (χ4v) is 6.92. The van der Waals surface area contributed by atoms with E-state index in [0.717, 1.165) is 89.9 Å². The average molecular weight is 1520 g/mol. The van der Waals surface area contributed by atoms with E-state index in [1.807, 2.05) is 13.8 Å². The number of hydrogen-bond acceptors (Lipinski definition) is 30. The summed E-state index contributed by atoms with van der Waals surface area (Å²) in [6.07, 6.45) is 7.40. The Kier molecular flexibility index (Phi) is 58.1. The SMILES string of the molecule is CC1(C)CCC1OC(=O)OCCl.CC1CC1OC(=O)OCCl.CCCOC(=O)OCCl.COCCOC(=O)OCCl.O=C(OCCl)OC1CC1.O=C(OCCl)OC1CCC1.O=C(OCCl)OC1CCCC1.O=C(OCCl)OC1COC1.O=C(OCCl)O[C@H]1CCOC1. The van der Waals surface area contributed by atoms with Gasteiger partial charge in [-0.05, 0) is 89.4 Å². The highest BCUT2D eigenvalue weighted by Crippen LogP contribution is 2.42. The van der Waals surface area contributed by atoms with Crippen molar-refractivity contribution < 1.29 is 143 Å². The zero-order chi connectivity index (χ0) is 69.4. The fourth-order valence-electron chi connectivity index (χ4n) is 6.12. The minimum Gasteiger partial charge on any atom is -0.434 e. The van der Waals surface area contributed by atoms with Crippen LogP contribution < -0.4 is 0 Å². The summed E-state index contributed by atoms with van der Waals surface area (Å²) in [4.78, 5) is 94.6. The summed E-state index contributed by atoms with van der Waals surface area (Å²) < 4.78 is 95.8. The number of carbonyl (C=O) groups excluding carboxylic acids is 9. The Balaban J connectivity index is 0. The highest BCUT2D eigenvalue weighted by atomic mass is 35.5. The largest absolute Gasteiger partial charge is 0.509 e. The second kappa shape index (κ2) is 59.4. The summed E-state index contributed by atoms with van der Waals surface area (Å²) in [5.74, 6) is 0.489. The van der Waals surface area contributed by atoms with Gasteiger partial charge in [-0.2, -0.15) is 0 Å². The molecule has 5 saturated carbocycles. The smallest absolute Gasteiger partial charge is 0.434 e. The first-order valence-electron chi connectivity index (χ1n) is 28.2. The summed E-state index contributed by atoms with van der Waals surface area (Å²) >= 11 is 46.0. The number of methoxy groups -OCH3 is 1. The summed E-state index contributed by atoms with van der Waals surface area (Å²) in [5, 5.41) is 0. The summed E-state index contributed by atoms with van der Waals surface area (Å²) in [6.45, 7) is 11.0. The molecule has 0 aromatic rings. The molecule has 0 bridgehead atoms. The van der Waals surface area contributed by atoms with Crippen LogP contribution in [0.1, 0.15) is 118 Å². The van der Waals surface area contributed by atoms with E-state index in [1.54, 1.807) is 0 Å². The summed E-state index contributed by atoms with van der Waals surface area (Å²) in [6, 6.07) is -1.37. The van der Waals surface area contributed by atoms with Gasteiger partial charge >= 0.3 is 55.4 Å².